The second-order valence-corrected chi connectivity index (χ2v) is 4.86. The van der Waals surface area contributed by atoms with Gasteiger partial charge < -0.3 is 10.1 Å². The summed E-state index contributed by atoms with van der Waals surface area (Å²) in [6, 6.07) is 1.72. The lowest BCUT2D eigenvalue weighted by atomic mass is 10.1. The zero-order valence-electron chi connectivity index (χ0n) is 9.83. The van der Waals surface area contributed by atoms with Gasteiger partial charge >= 0.3 is 5.97 Å². The molecule has 86 valence electrons. The second kappa shape index (κ2) is 3.77. The highest BCUT2D eigenvalue weighted by Gasteiger charge is 2.24. The van der Waals surface area contributed by atoms with Crippen LogP contribution in [0.4, 0.5) is 5.82 Å². The summed E-state index contributed by atoms with van der Waals surface area (Å²) in [6.07, 6.45) is 2.47. The number of aromatic nitrogens is 1. The number of fused-ring (bicyclic) bond motifs is 1. The van der Waals surface area contributed by atoms with Crippen LogP contribution in [0, 0.1) is 0 Å². The summed E-state index contributed by atoms with van der Waals surface area (Å²) in [5.41, 5.74) is 1.14. The molecule has 1 aliphatic rings. The predicted octanol–water partition coefficient (Wildman–Crippen LogP) is 2.00. The molecule has 1 aromatic heterocycles. The fourth-order valence-electron chi connectivity index (χ4n) is 1.73. The highest BCUT2D eigenvalue weighted by Crippen LogP contribution is 2.24. The van der Waals surface area contributed by atoms with E-state index in [1.54, 1.807) is 12.3 Å². The van der Waals surface area contributed by atoms with E-state index in [2.05, 4.69) is 10.3 Å². The molecule has 0 saturated carbocycles. The molecule has 2 heterocycles. The van der Waals surface area contributed by atoms with E-state index in [0.717, 1.165) is 24.3 Å². The molecule has 0 aliphatic carbocycles. The number of rotatable bonds is 1. The van der Waals surface area contributed by atoms with Gasteiger partial charge in [-0.15, -0.1) is 0 Å². The molecule has 4 nitrogen and oxygen atoms in total. The molecule has 1 aliphatic heterocycles. The van der Waals surface area contributed by atoms with Crippen molar-refractivity contribution in [1.82, 2.24) is 4.98 Å². The first-order valence-electron chi connectivity index (χ1n) is 5.42. The number of pyridine rings is 1. The van der Waals surface area contributed by atoms with Gasteiger partial charge in [-0.1, -0.05) is 0 Å². The molecule has 0 amide bonds. The zero-order chi connectivity index (χ0) is 11.8. The Morgan fingerprint density at radius 2 is 2.25 bits per heavy atom. The molecular weight excluding hydrogens is 204 g/mol. The lowest BCUT2D eigenvalue weighted by Gasteiger charge is -2.20. The van der Waals surface area contributed by atoms with E-state index in [9.17, 15) is 4.79 Å². The minimum atomic E-state index is -0.459. The number of nitrogens with one attached hydrogen (secondary N) is 1. The van der Waals surface area contributed by atoms with Crippen LogP contribution in [0.1, 0.15) is 36.7 Å². The smallest absolute Gasteiger partial charge is 0.339 e. The normalized spacial score (nSPS) is 14.2. The van der Waals surface area contributed by atoms with Gasteiger partial charge in [0.15, 0.2) is 0 Å². The van der Waals surface area contributed by atoms with Crippen LogP contribution in [0.5, 0.6) is 0 Å². The minimum Gasteiger partial charge on any atom is -0.456 e. The second-order valence-electron chi connectivity index (χ2n) is 4.86. The quantitative estimate of drug-likeness (QED) is 0.735. The highest BCUT2D eigenvalue weighted by atomic mass is 16.6. The van der Waals surface area contributed by atoms with Gasteiger partial charge in [0.1, 0.15) is 11.4 Å². The molecule has 4 heteroatoms. The van der Waals surface area contributed by atoms with Crippen LogP contribution in [0.3, 0.4) is 0 Å². The molecule has 0 radical (unpaired) electrons. The molecule has 0 fully saturated rings. The van der Waals surface area contributed by atoms with Crippen LogP contribution < -0.4 is 5.32 Å². The number of carbonyl (C=O) groups excluding carboxylic acids is 1. The molecule has 16 heavy (non-hydrogen) atoms. The van der Waals surface area contributed by atoms with Gasteiger partial charge in [0.05, 0.1) is 5.56 Å². The Morgan fingerprint density at radius 1 is 1.50 bits per heavy atom. The Morgan fingerprint density at radius 3 is 2.94 bits per heavy atom. The monoisotopic (exact) mass is 220 g/mol. The number of anilines is 1. The molecule has 0 aromatic carbocycles. The van der Waals surface area contributed by atoms with Gasteiger partial charge in [-0.3, -0.25) is 0 Å². The molecule has 0 saturated heterocycles. The van der Waals surface area contributed by atoms with Crippen LogP contribution >= 0.6 is 0 Å². The maximum atomic E-state index is 11.9. The SMILES string of the molecule is CC(C)(C)OC(=O)c1ccnc2c1CCN2. The van der Waals surface area contributed by atoms with Crippen molar-refractivity contribution < 1.29 is 9.53 Å². The zero-order valence-corrected chi connectivity index (χ0v) is 9.83. The van der Waals surface area contributed by atoms with E-state index < -0.39 is 5.60 Å². The van der Waals surface area contributed by atoms with Gasteiger partial charge in [0.2, 0.25) is 0 Å². The average Bonchev–Trinajstić information content (AvgIpc) is 2.61. The standard InChI is InChI=1S/C12H16N2O2/c1-12(2,3)16-11(15)9-5-7-14-10-8(9)4-6-13-10/h5,7H,4,6H2,1-3H3,(H,13,14). The Labute approximate surface area is 95.0 Å². The van der Waals surface area contributed by atoms with Crippen molar-refractivity contribution in [2.24, 2.45) is 0 Å². The summed E-state index contributed by atoms with van der Waals surface area (Å²) < 4.78 is 5.35. The third kappa shape index (κ3) is 2.15. The van der Waals surface area contributed by atoms with E-state index in [-0.39, 0.29) is 5.97 Å². The van der Waals surface area contributed by atoms with Crippen LogP contribution in [0.2, 0.25) is 0 Å². The van der Waals surface area contributed by atoms with Crippen LogP contribution in [0.15, 0.2) is 12.3 Å². The van der Waals surface area contributed by atoms with Crippen molar-refractivity contribution in [3.63, 3.8) is 0 Å². The summed E-state index contributed by atoms with van der Waals surface area (Å²) in [4.78, 5) is 16.1. The summed E-state index contributed by atoms with van der Waals surface area (Å²) >= 11 is 0. The summed E-state index contributed by atoms with van der Waals surface area (Å²) in [7, 11) is 0. The molecule has 0 bridgehead atoms. The number of hydrogen-bond donors (Lipinski definition) is 1. The minimum absolute atomic E-state index is 0.269. The molecule has 0 spiro atoms. The van der Waals surface area contributed by atoms with Crippen molar-refractivity contribution in [1.29, 1.82) is 0 Å². The predicted molar refractivity (Wildman–Crippen MR) is 61.6 cm³/mol. The molecule has 0 unspecified atom stereocenters. The van der Waals surface area contributed by atoms with E-state index in [4.69, 9.17) is 4.74 Å². The molecule has 1 N–H and O–H groups in total. The Hall–Kier alpha value is -1.58. The van der Waals surface area contributed by atoms with Crippen LogP contribution in [-0.2, 0) is 11.2 Å². The topological polar surface area (TPSA) is 51.2 Å². The van der Waals surface area contributed by atoms with Crippen LogP contribution in [-0.4, -0.2) is 23.1 Å². The Kier molecular flexibility index (Phi) is 2.58. The number of hydrogen-bond acceptors (Lipinski definition) is 4. The average molecular weight is 220 g/mol. The van der Waals surface area contributed by atoms with E-state index in [1.807, 2.05) is 20.8 Å². The van der Waals surface area contributed by atoms with Crippen molar-refractivity contribution in [2.45, 2.75) is 32.8 Å². The van der Waals surface area contributed by atoms with Gasteiger partial charge in [0.25, 0.3) is 0 Å². The molecular formula is C12H16N2O2. The summed E-state index contributed by atoms with van der Waals surface area (Å²) in [5, 5.41) is 3.14. The highest BCUT2D eigenvalue weighted by molar-refractivity contribution is 5.93. The fourth-order valence-corrected chi connectivity index (χ4v) is 1.73. The van der Waals surface area contributed by atoms with Gasteiger partial charge in [0, 0.05) is 18.3 Å². The fraction of sp³-hybridized carbons (Fsp3) is 0.500. The summed E-state index contributed by atoms with van der Waals surface area (Å²) in [5.74, 6) is 0.540. The van der Waals surface area contributed by atoms with Gasteiger partial charge in [-0.25, -0.2) is 9.78 Å². The number of ether oxygens (including phenoxy) is 1. The first-order valence-corrected chi connectivity index (χ1v) is 5.42. The maximum absolute atomic E-state index is 11.9. The Bertz CT molecular complexity index is 422. The first-order chi connectivity index (χ1) is 7.47. The number of nitrogens with zero attached hydrogens (tertiary/aromatic N) is 1. The van der Waals surface area contributed by atoms with Crippen molar-refractivity contribution in [3.8, 4) is 0 Å². The third-order valence-electron chi connectivity index (χ3n) is 2.34. The van der Waals surface area contributed by atoms with E-state index >= 15 is 0 Å². The van der Waals surface area contributed by atoms with Gasteiger partial charge in [-0.05, 0) is 33.3 Å². The van der Waals surface area contributed by atoms with Crippen molar-refractivity contribution in [2.75, 3.05) is 11.9 Å². The third-order valence-corrected chi connectivity index (χ3v) is 2.34. The lowest BCUT2D eigenvalue weighted by Crippen LogP contribution is -2.24. The molecule has 2 rings (SSSR count). The van der Waals surface area contributed by atoms with E-state index in [1.165, 1.54) is 0 Å². The van der Waals surface area contributed by atoms with E-state index in [0.29, 0.717) is 5.56 Å². The van der Waals surface area contributed by atoms with Crippen LogP contribution in [0.25, 0.3) is 0 Å². The maximum Gasteiger partial charge on any atom is 0.339 e. The molecule has 1 aromatic rings. The van der Waals surface area contributed by atoms with Crippen molar-refractivity contribution in [3.05, 3.63) is 23.4 Å². The van der Waals surface area contributed by atoms with Crippen molar-refractivity contribution >= 4 is 11.8 Å². The number of carbonyl (C=O) groups is 1. The lowest BCUT2D eigenvalue weighted by molar-refractivity contribution is 0.00685. The summed E-state index contributed by atoms with van der Waals surface area (Å²) in [6.45, 7) is 6.43. The number of esters is 1. The molecule has 0 atom stereocenters. The van der Waals surface area contributed by atoms with Gasteiger partial charge in [-0.2, -0.15) is 0 Å². The first kappa shape index (κ1) is 10.9. The largest absolute Gasteiger partial charge is 0.456 e. The Balaban J connectivity index is 2.28.